The van der Waals surface area contributed by atoms with Gasteiger partial charge in [-0.15, -0.1) is 0 Å². The Labute approximate surface area is 193 Å². The van der Waals surface area contributed by atoms with Crippen LogP contribution in [-0.4, -0.2) is 34.4 Å². The van der Waals surface area contributed by atoms with Crippen molar-refractivity contribution < 1.29 is 27.4 Å². The van der Waals surface area contributed by atoms with E-state index in [9.17, 15) is 18.0 Å². The molecule has 0 spiro atoms. The monoisotopic (exact) mass is 470 g/mol. The molecular formula is C24H21F3N4O3. The Morgan fingerprint density at radius 1 is 1.09 bits per heavy atom. The molecule has 0 saturated heterocycles. The summed E-state index contributed by atoms with van der Waals surface area (Å²) in [7, 11) is 3.02. The summed E-state index contributed by atoms with van der Waals surface area (Å²) in [4.78, 5) is 16.4. The fraction of sp³-hybridized carbons (Fsp3) is 0.208. The van der Waals surface area contributed by atoms with Crippen LogP contribution in [0.4, 0.5) is 13.2 Å². The highest BCUT2D eigenvalue weighted by molar-refractivity contribution is 5.94. The number of benzene rings is 2. The van der Waals surface area contributed by atoms with Crippen molar-refractivity contribution in [3.05, 3.63) is 71.8 Å². The van der Waals surface area contributed by atoms with Crippen molar-refractivity contribution in [2.75, 3.05) is 13.7 Å². The number of pyridine rings is 1. The highest BCUT2D eigenvalue weighted by Gasteiger charge is 2.36. The normalized spacial score (nSPS) is 11.4. The molecule has 34 heavy (non-hydrogen) atoms. The molecule has 0 radical (unpaired) electrons. The first-order valence-electron chi connectivity index (χ1n) is 10.3. The smallest absolute Gasteiger partial charge is 0.417 e. The third kappa shape index (κ3) is 4.80. The van der Waals surface area contributed by atoms with Gasteiger partial charge in [0.1, 0.15) is 11.4 Å². The molecule has 2 heterocycles. The van der Waals surface area contributed by atoms with Gasteiger partial charge in [0.2, 0.25) is 5.88 Å². The van der Waals surface area contributed by atoms with Crippen molar-refractivity contribution in [3.8, 4) is 22.9 Å². The Hall–Kier alpha value is -4.08. The van der Waals surface area contributed by atoms with Gasteiger partial charge in [0, 0.05) is 30.8 Å². The lowest BCUT2D eigenvalue weighted by Gasteiger charge is -2.13. The number of hydrogen-bond acceptors (Lipinski definition) is 5. The van der Waals surface area contributed by atoms with Crippen LogP contribution in [0.1, 0.15) is 11.1 Å². The van der Waals surface area contributed by atoms with E-state index in [1.807, 2.05) is 0 Å². The maximum Gasteiger partial charge on any atom is 0.417 e. The molecule has 0 bridgehead atoms. The van der Waals surface area contributed by atoms with Gasteiger partial charge in [0.05, 0.1) is 18.1 Å². The molecule has 0 atom stereocenters. The molecule has 0 fully saturated rings. The van der Waals surface area contributed by atoms with Gasteiger partial charge in [0.25, 0.3) is 5.91 Å². The molecule has 2 aromatic carbocycles. The summed E-state index contributed by atoms with van der Waals surface area (Å²) in [6.45, 7) is -0.330. The van der Waals surface area contributed by atoms with E-state index >= 15 is 0 Å². The summed E-state index contributed by atoms with van der Waals surface area (Å²) in [5.74, 6) is -0.234. The minimum atomic E-state index is -4.68. The first-order chi connectivity index (χ1) is 16.3. The largest absolute Gasteiger partial charge is 0.496 e. The van der Waals surface area contributed by atoms with E-state index in [1.54, 1.807) is 54.6 Å². The number of aryl methyl sites for hydroxylation is 1. The van der Waals surface area contributed by atoms with E-state index in [0.717, 1.165) is 11.6 Å². The van der Waals surface area contributed by atoms with Crippen LogP contribution in [0.3, 0.4) is 0 Å². The second kappa shape index (κ2) is 9.42. The average Bonchev–Trinajstić information content (AvgIpc) is 3.17. The molecule has 0 unspecified atom stereocenters. The summed E-state index contributed by atoms with van der Waals surface area (Å²) < 4.78 is 53.7. The lowest BCUT2D eigenvalue weighted by atomic mass is 10.0. The molecule has 2 aromatic heterocycles. The number of halogens is 3. The number of fused-ring (bicyclic) bond motifs is 1. The first kappa shape index (κ1) is 23.1. The van der Waals surface area contributed by atoms with E-state index < -0.39 is 24.3 Å². The molecule has 10 heteroatoms. The molecule has 0 aliphatic heterocycles. The van der Waals surface area contributed by atoms with Gasteiger partial charge in [0.15, 0.2) is 12.3 Å². The van der Waals surface area contributed by atoms with E-state index in [4.69, 9.17) is 9.47 Å². The van der Waals surface area contributed by atoms with Crippen molar-refractivity contribution in [2.45, 2.75) is 12.7 Å². The quantitative estimate of drug-likeness (QED) is 0.434. The predicted molar refractivity (Wildman–Crippen MR) is 119 cm³/mol. The van der Waals surface area contributed by atoms with Crippen LogP contribution in [0.15, 0.2) is 60.7 Å². The summed E-state index contributed by atoms with van der Waals surface area (Å²) in [6.07, 6.45) is -4.68. The highest BCUT2D eigenvalue weighted by atomic mass is 19.4. The molecule has 7 nitrogen and oxygen atoms in total. The third-order valence-electron chi connectivity index (χ3n) is 5.14. The van der Waals surface area contributed by atoms with Crippen LogP contribution in [0.2, 0.25) is 0 Å². The minimum Gasteiger partial charge on any atom is -0.496 e. The number of nitrogens with zero attached hydrogens (tertiary/aromatic N) is 3. The van der Waals surface area contributed by atoms with E-state index in [1.165, 1.54) is 18.8 Å². The Kier molecular flexibility index (Phi) is 6.40. The standard InChI is InChI=1S/C24H21F3N4O3/c1-31-23-21(22(30-31)15-8-4-3-5-9-15)17(24(25,26)27)12-20(29-23)34-14-19(32)28-13-16-10-6-7-11-18(16)33-2/h3-12H,13-14H2,1-2H3,(H,28,32). The molecule has 0 saturated carbocycles. The highest BCUT2D eigenvalue weighted by Crippen LogP contribution is 2.40. The van der Waals surface area contributed by atoms with Crippen molar-refractivity contribution in [2.24, 2.45) is 7.05 Å². The number of rotatable bonds is 7. The van der Waals surface area contributed by atoms with Crippen molar-refractivity contribution in [1.82, 2.24) is 20.1 Å². The Bertz CT molecular complexity index is 1320. The number of amides is 1. The summed E-state index contributed by atoms with van der Waals surface area (Å²) in [6, 6.07) is 16.5. The molecule has 0 aliphatic rings. The lowest BCUT2D eigenvalue weighted by Crippen LogP contribution is -2.28. The van der Waals surface area contributed by atoms with Crippen LogP contribution >= 0.6 is 0 Å². The van der Waals surface area contributed by atoms with Gasteiger partial charge in [-0.25, -0.2) is 4.68 Å². The number of para-hydroxylation sites is 1. The number of hydrogen-bond donors (Lipinski definition) is 1. The number of carbonyl (C=O) groups excluding carboxylic acids is 1. The maximum absolute atomic E-state index is 14.0. The first-order valence-corrected chi connectivity index (χ1v) is 10.3. The number of ether oxygens (including phenoxy) is 2. The number of nitrogens with one attached hydrogen (secondary N) is 1. The van der Waals surface area contributed by atoms with Crippen LogP contribution in [-0.2, 0) is 24.6 Å². The number of aromatic nitrogens is 3. The van der Waals surface area contributed by atoms with Crippen molar-refractivity contribution in [3.63, 3.8) is 0 Å². The SMILES string of the molecule is COc1ccccc1CNC(=O)COc1cc(C(F)(F)F)c2c(-c3ccccc3)nn(C)c2n1. The molecule has 1 N–H and O–H groups in total. The Morgan fingerprint density at radius 2 is 1.79 bits per heavy atom. The summed E-state index contributed by atoms with van der Waals surface area (Å²) in [5, 5.41) is 6.78. The zero-order chi connectivity index (χ0) is 24.3. The number of carbonyl (C=O) groups is 1. The van der Waals surface area contributed by atoms with Gasteiger partial charge in [-0.2, -0.15) is 23.3 Å². The fourth-order valence-corrected chi connectivity index (χ4v) is 3.55. The Morgan fingerprint density at radius 3 is 2.50 bits per heavy atom. The third-order valence-corrected chi connectivity index (χ3v) is 5.14. The van der Waals surface area contributed by atoms with Gasteiger partial charge < -0.3 is 14.8 Å². The summed E-state index contributed by atoms with van der Waals surface area (Å²) in [5.41, 5.74) is 0.511. The fourth-order valence-electron chi connectivity index (χ4n) is 3.55. The van der Waals surface area contributed by atoms with Gasteiger partial charge in [-0.3, -0.25) is 4.79 Å². The molecule has 4 aromatic rings. The van der Waals surface area contributed by atoms with Gasteiger partial charge in [-0.05, 0) is 6.07 Å². The van der Waals surface area contributed by atoms with Crippen molar-refractivity contribution >= 4 is 16.9 Å². The van der Waals surface area contributed by atoms with Crippen LogP contribution in [0.25, 0.3) is 22.3 Å². The van der Waals surface area contributed by atoms with E-state index in [2.05, 4.69) is 15.4 Å². The minimum absolute atomic E-state index is 0.00175. The average molecular weight is 470 g/mol. The molecule has 0 aliphatic carbocycles. The molecule has 1 amide bonds. The lowest BCUT2D eigenvalue weighted by molar-refractivity contribution is -0.136. The number of methoxy groups -OCH3 is 1. The van der Waals surface area contributed by atoms with Gasteiger partial charge >= 0.3 is 6.18 Å². The molecule has 4 rings (SSSR count). The van der Waals surface area contributed by atoms with Gasteiger partial charge in [-0.1, -0.05) is 48.5 Å². The topological polar surface area (TPSA) is 78.3 Å². The second-order valence-electron chi connectivity index (χ2n) is 7.42. The molecule has 176 valence electrons. The predicted octanol–water partition coefficient (Wildman–Crippen LogP) is 4.36. The van der Waals surface area contributed by atoms with E-state index in [-0.39, 0.29) is 29.2 Å². The van der Waals surface area contributed by atoms with E-state index in [0.29, 0.717) is 11.3 Å². The zero-order valence-electron chi connectivity index (χ0n) is 18.4. The van der Waals surface area contributed by atoms with Crippen LogP contribution < -0.4 is 14.8 Å². The zero-order valence-corrected chi connectivity index (χ0v) is 18.4. The second-order valence-corrected chi connectivity index (χ2v) is 7.42. The summed E-state index contributed by atoms with van der Waals surface area (Å²) >= 11 is 0. The maximum atomic E-state index is 14.0. The Balaban J connectivity index is 1.58. The van der Waals surface area contributed by atoms with Crippen molar-refractivity contribution in [1.29, 1.82) is 0 Å². The number of alkyl halides is 3. The van der Waals surface area contributed by atoms with Crippen LogP contribution in [0, 0.1) is 0 Å². The molecular weight excluding hydrogens is 449 g/mol. The van der Waals surface area contributed by atoms with Crippen LogP contribution in [0.5, 0.6) is 11.6 Å².